The standard InChI is InChI=1S/C25H32ClF2N3O2/c1-18(2)33-23-7-6-20(15-22(23)26)25(32)31-13-8-19(9-14-31)16-30(17-24(27)28)12-10-21-5-3-4-11-29-21/h3-7,11,15,18-19,24H,8-10,12-14,16-17H2,1-2H3. The van der Waals surface area contributed by atoms with E-state index < -0.39 is 6.43 Å². The zero-order chi connectivity index (χ0) is 23.8. The highest BCUT2D eigenvalue weighted by atomic mass is 35.5. The number of piperidine rings is 1. The van der Waals surface area contributed by atoms with Crippen LogP contribution in [-0.4, -0.2) is 65.9 Å². The number of benzene rings is 1. The normalized spacial score (nSPS) is 15.0. The molecular weight excluding hydrogens is 448 g/mol. The van der Waals surface area contributed by atoms with Crippen LogP contribution in [0, 0.1) is 5.92 Å². The number of alkyl halides is 2. The molecule has 0 saturated carbocycles. The van der Waals surface area contributed by atoms with Crippen LogP contribution in [-0.2, 0) is 6.42 Å². The summed E-state index contributed by atoms with van der Waals surface area (Å²) in [6, 6.07) is 10.8. The summed E-state index contributed by atoms with van der Waals surface area (Å²) < 4.78 is 31.9. The number of nitrogens with zero attached hydrogens (tertiary/aromatic N) is 3. The van der Waals surface area contributed by atoms with Crippen LogP contribution in [0.5, 0.6) is 5.75 Å². The average Bonchev–Trinajstić information content (AvgIpc) is 2.79. The van der Waals surface area contributed by atoms with Crippen molar-refractivity contribution in [3.05, 3.63) is 58.9 Å². The van der Waals surface area contributed by atoms with E-state index in [0.29, 0.717) is 48.9 Å². The molecule has 1 aromatic carbocycles. The molecule has 0 spiro atoms. The number of carbonyl (C=O) groups excluding carboxylic acids is 1. The van der Waals surface area contributed by atoms with Gasteiger partial charge in [0.2, 0.25) is 0 Å². The molecule has 1 saturated heterocycles. The number of halogens is 3. The maximum absolute atomic E-state index is 13.1. The molecule has 2 heterocycles. The highest BCUT2D eigenvalue weighted by Gasteiger charge is 2.26. The highest BCUT2D eigenvalue weighted by Crippen LogP contribution is 2.28. The Morgan fingerprint density at radius 2 is 2.00 bits per heavy atom. The number of ether oxygens (including phenoxy) is 1. The molecule has 1 fully saturated rings. The number of hydrogen-bond acceptors (Lipinski definition) is 4. The molecule has 0 radical (unpaired) electrons. The minimum atomic E-state index is -2.37. The van der Waals surface area contributed by atoms with Gasteiger partial charge >= 0.3 is 0 Å². The van der Waals surface area contributed by atoms with E-state index in [1.165, 1.54) is 0 Å². The fraction of sp³-hybridized carbons (Fsp3) is 0.520. The molecule has 5 nitrogen and oxygen atoms in total. The summed E-state index contributed by atoms with van der Waals surface area (Å²) in [6.45, 7) is 5.95. The lowest BCUT2D eigenvalue weighted by atomic mass is 9.95. The van der Waals surface area contributed by atoms with Crippen molar-refractivity contribution in [1.29, 1.82) is 0 Å². The van der Waals surface area contributed by atoms with E-state index in [0.717, 1.165) is 18.5 Å². The molecule has 1 aromatic heterocycles. The van der Waals surface area contributed by atoms with Crippen LogP contribution in [0.15, 0.2) is 42.6 Å². The van der Waals surface area contributed by atoms with E-state index in [9.17, 15) is 13.6 Å². The topological polar surface area (TPSA) is 45.7 Å². The van der Waals surface area contributed by atoms with Crippen molar-refractivity contribution in [2.24, 2.45) is 5.92 Å². The number of hydrogen-bond donors (Lipinski definition) is 0. The van der Waals surface area contributed by atoms with Crippen molar-refractivity contribution in [3.8, 4) is 5.75 Å². The van der Waals surface area contributed by atoms with E-state index >= 15 is 0 Å². The number of likely N-dealkylation sites (tertiary alicyclic amines) is 1. The summed E-state index contributed by atoms with van der Waals surface area (Å²) in [5.41, 5.74) is 1.44. The lowest BCUT2D eigenvalue weighted by Crippen LogP contribution is -2.43. The number of rotatable bonds is 10. The van der Waals surface area contributed by atoms with Gasteiger partial charge in [-0.1, -0.05) is 17.7 Å². The van der Waals surface area contributed by atoms with Gasteiger partial charge < -0.3 is 9.64 Å². The van der Waals surface area contributed by atoms with Gasteiger partial charge in [-0.05, 0) is 62.9 Å². The van der Waals surface area contributed by atoms with Crippen molar-refractivity contribution in [1.82, 2.24) is 14.8 Å². The van der Waals surface area contributed by atoms with Crippen LogP contribution in [0.1, 0.15) is 42.7 Å². The molecule has 1 aliphatic rings. The van der Waals surface area contributed by atoms with Gasteiger partial charge in [-0.3, -0.25) is 14.7 Å². The largest absolute Gasteiger partial charge is 0.489 e. The first kappa shape index (κ1) is 25.4. The van der Waals surface area contributed by atoms with Gasteiger partial charge in [0.1, 0.15) is 5.75 Å². The minimum Gasteiger partial charge on any atom is -0.489 e. The van der Waals surface area contributed by atoms with E-state index in [2.05, 4.69) is 4.98 Å². The average molecular weight is 480 g/mol. The molecule has 0 N–H and O–H groups in total. The van der Waals surface area contributed by atoms with Crippen molar-refractivity contribution in [3.63, 3.8) is 0 Å². The van der Waals surface area contributed by atoms with Crippen LogP contribution in [0.4, 0.5) is 8.78 Å². The summed E-state index contributed by atoms with van der Waals surface area (Å²) in [5, 5.41) is 0.417. The van der Waals surface area contributed by atoms with Crippen LogP contribution in [0.3, 0.4) is 0 Å². The Morgan fingerprint density at radius 3 is 2.61 bits per heavy atom. The summed E-state index contributed by atoms with van der Waals surface area (Å²) in [5.74, 6) is 0.778. The van der Waals surface area contributed by atoms with Crippen LogP contribution in [0.25, 0.3) is 0 Å². The first-order valence-corrected chi connectivity index (χ1v) is 11.9. The number of carbonyl (C=O) groups is 1. The quantitative estimate of drug-likeness (QED) is 0.471. The van der Waals surface area contributed by atoms with Gasteiger partial charge in [-0.25, -0.2) is 8.78 Å². The minimum absolute atomic E-state index is 0.00308. The number of pyridine rings is 1. The first-order chi connectivity index (χ1) is 15.8. The van der Waals surface area contributed by atoms with Gasteiger partial charge in [0.15, 0.2) is 0 Å². The smallest absolute Gasteiger partial charge is 0.253 e. The molecule has 0 bridgehead atoms. The summed E-state index contributed by atoms with van der Waals surface area (Å²) in [4.78, 5) is 20.9. The molecular formula is C25H32ClF2N3O2. The Balaban J connectivity index is 1.52. The molecule has 180 valence electrons. The first-order valence-electron chi connectivity index (χ1n) is 11.5. The van der Waals surface area contributed by atoms with Gasteiger partial charge in [0.05, 0.1) is 17.7 Å². The van der Waals surface area contributed by atoms with E-state index in [1.807, 2.05) is 41.8 Å². The molecule has 0 atom stereocenters. The van der Waals surface area contributed by atoms with Crippen molar-refractivity contribution in [2.45, 2.75) is 45.6 Å². The fourth-order valence-electron chi connectivity index (χ4n) is 4.12. The second kappa shape index (κ2) is 12.3. The van der Waals surface area contributed by atoms with Gasteiger partial charge in [-0.15, -0.1) is 0 Å². The highest BCUT2D eigenvalue weighted by molar-refractivity contribution is 6.32. The number of aromatic nitrogens is 1. The van der Waals surface area contributed by atoms with Crippen molar-refractivity contribution < 1.29 is 18.3 Å². The van der Waals surface area contributed by atoms with E-state index in [-0.39, 0.29) is 24.5 Å². The predicted octanol–water partition coefficient (Wildman–Crippen LogP) is 5.18. The Hall–Kier alpha value is -2.25. The lowest BCUT2D eigenvalue weighted by molar-refractivity contribution is 0.0588. The molecule has 1 amide bonds. The molecule has 0 aliphatic carbocycles. The molecule has 0 unspecified atom stereocenters. The maximum atomic E-state index is 13.1. The maximum Gasteiger partial charge on any atom is 0.253 e. The summed E-state index contributed by atoms with van der Waals surface area (Å²) in [6.07, 6.45) is 1.56. The van der Waals surface area contributed by atoms with E-state index in [1.54, 1.807) is 24.4 Å². The SMILES string of the molecule is CC(C)Oc1ccc(C(=O)N2CCC(CN(CCc3ccccn3)CC(F)F)CC2)cc1Cl. The summed E-state index contributed by atoms with van der Waals surface area (Å²) >= 11 is 6.29. The molecule has 2 aromatic rings. The zero-order valence-electron chi connectivity index (χ0n) is 19.2. The van der Waals surface area contributed by atoms with Crippen molar-refractivity contribution >= 4 is 17.5 Å². The third kappa shape index (κ3) is 7.93. The van der Waals surface area contributed by atoms with Gasteiger partial charge in [0.25, 0.3) is 12.3 Å². The van der Waals surface area contributed by atoms with E-state index in [4.69, 9.17) is 16.3 Å². The Kier molecular flexibility index (Phi) is 9.44. The monoisotopic (exact) mass is 479 g/mol. The summed E-state index contributed by atoms with van der Waals surface area (Å²) in [7, 11) is 0. The second-order valence-electron chi connectivity index (χ2n) is 8.77. The second-order valence-corrected chi connectivity index (χ2v) is 9.18. The van der Waals surface area contributed by atoms with Gasteiger partial charge in [-0.2, -0.15) is 0 Å². The molecule has 1 aliphatic heterocycles. The lowest BCUT2D eigenvalue weighted by Gasteiger charge is -2.35. The third-order valence-electron chi connectivity index (χ3n) is 5.77. The predicted molar refractivity (Wildman–Crippen MR) is 126 cm³/mol. The Labute approximate surface area is 199 Å². The van der Waals surface area contributed by atoms with Crippen molar-refractivity contribution in [2.75, 3.05) is 32.7 Å². The van der Waals surface area contributed by atoms with Crippen LogP contribution >= 0.6 is 11.6 Å². The zero-order valence-corrected chi connectivity index (χ0v) is 20.0. The fourth-order valence-corrected chi connectivity index (χ4v) is 4.35. The number of amides is 1. The molecule has 8 heteroatoms. The third-order valence-corrected chi connectivity index (χ3v) is 6.06. The molecule has 33 heavy (non-hydrogen) atoms. The van der Waals surface area contributed by atoms with Crippen LogP contribution in [0.2, 0.25) is 5.02 Å². The molecule has 3 rings (SSSR count). The Morgan fingerprint density at radius 1 is 1.24 bits per heavy atom. The van der Waals surface area contributed by atoms with Crippen LogP contribution < -0.4 is 4.74 Å². The Bertz CT molecular complexity index is 890. The van der Waals surface area contributed by atoms with Gasteiger partial charge in [0, 0.05) is 50.1 Å².